The Morgan fingerprint density at radius 2 is 2.08 bits per heavy atom. The zero-order chi connectivity index (χ0) is 18.0. The van der Waals surface area contributed by atoms with E-state index in [0.29, 0.717) is 38.3 Å². The van der Waals surface area contributed by atoms with Crippen molar-refractivity contribution < 1.29 is 9.59 Å². The highest BCUT2D eigenvalue weighted by Gasteiger charge is 2.44. The molecule has 1 N–H and O–H groups in total. The minimum atomic E-state index is -0.682. The molecule has 2 amide bonds. The van der Waals surface area contributed by atoms with E-state index < -0.39 is 5.54 Å². The average molecular weight is 372 g/mol. The quantitative estimate of drug-likeness (QED) is 0.844. The second-order valence-corrected chi connectivity index (χ2v) is 8.30. The molecule has 0 atom stereocenters. The minimum Gasteiger partial charge on any atom is -0.354 e. The van der Waals surface area contributed by atoms with Crippen LogP contribution in [-0.2, 0) is 21.5 Å². The van der Waals surface area contributed by atoms with Crippen LogP contribution in [0.15, 0.2) is 36.0 Å². The topological polar surface area (TPSA) is 67.2 Å². The van der Waals surface area contributed by atoms with Crippen molar-refractivity contribution in [3.63, 3.8) is 0 Å². The third-order valence-corrected chi connectivity index (χ3v) is 6.34. The lowest BCUT2D eigenvalue weighted by atomic mass is 9.86. The number of aromatic nitrogens is 2. The lowest BCUT2D eigenvalue weighted by molar-refractivity contribution is -0.139. The molecule has 0 unspecified atom stereocenters. The largest absolute Gasteiger partial charge is 0.354 e. The molecule has 1 saturated carbocycles. The summed E-state index contributed by atoms with van der Waals surface area (Å²) < 4.78 is 1.79. The Labute approximate surface area is 157 Å². The maximum Gasteiger partial charge on any atom is 0.248 e. The highest BCUT2D eigenvalue weighted by Crippen LogP contribution is 2.32. The zero-order valence-electron chi connectivity index (χ0n) is 14.8. The normalized spacial score (nSPS) is 19.3. The van der Waals surface area contributed by atoms with E-state index in [1.807, 2.05) is 34.7 Å². The van der Waals surface area contributed by atoms with Gasteiger partial charge in [0.25, 0.3) is 0 Å². The Bertz CT molecular complexity index is 745. The van der Waals surface area contributed by atoms with Crippen LogP contribution in [0, 0.1) is 5.92 Å². The van der Waals surface area contributed by atoms with Gasteiger partial charge in [0.05, 0.1) is 6.42 Å². The van der Waals surface area contributed by atoms with Gasteiger partial charge in [0.2, 0.25) is 11.8 Å². The maximum absolute atomic E-state index is 13.0. The highest BCUT2D eigenvalue weighted by molar-refractivity contribution is 7.10. The van der Waals surface area contributed by atoms with Crippen LogP contribution >= 0.6 is 11.3 Å². The van der Waals surface area contributed by atoms with Gasteiger partial charge in [0.1, 0.15) is 5.54 Å². The first kappa shape index (κ1) is 17.3. The molecule has 0 aromatic carbocycles. The molecule has 3 heterocycles. The number of amides is 2. The molecule has 4 rings (SSSR count). The summed E-state index contributed by atoms with van der Waals surface area (Å²) in [6.07, 6.45) is 7.63. The van der Waals surface area contributed by atoms with Crippen LogP contribution in [0.3, 0.4) is 0 Å². The Morgan fingerprint density at radius 1 is 1.27 bits per heavy atom. The standard InChI is InChI=1S/C19H24N4O2S/c24-17(13-16-3-1-12-26-16)22-10-6-19(7-11-22,23-9-2-8-21-23)18(25)20-14-15-4-5-15/h1-3,8-9,12,15H,4-7,10-11,13-14H2,(H,20,25). The van der Waals surface area contributed by atoms with Gasteiger partial charge in [-0.25, -0.2) is 0 Å². The molecule has 7 heteroatoms. The summed E-state index contributed by atoms with van der Waals surface area (Å²) in [5.74, 6) is 0.819. The summed E-state index contributed by atoms with van der Waals surface area (Å²) in [6.45, 7) is 1.92. The fourth-order valence-corrected chi connectivity index (χ4v) is 4.30. The molecule has 1 saturated heterocycles. The Hall–Kier alpha value is -2.15. The van der Waals surface area contributed by atoms with Gasteiger partial charge in [-0.1, -0.05) is 6.07 Å². The zero-order valence-corrected chi connectivity index (χ0v) is 15.6. The lowest BCUT2D eigenvalue weighted by Crippen LogP contribution is -2.56. The minimum absolute atomic E-state index is 0.0402. The van der Waals surface area contributed by atoms with Gasteiger partial charge in [0.15, 0.2) is 0 Å². The van der Waals surface area contributed by atoms with E-state index in [1.165, 1.54) is 12.8 Å². The van der Waals surface area contributed by atoms with Crippen molar-refractivity contribution in [2.24, 2.45) is 5.92 Å². The molecule has 6 nitrogen and oxygen atoms in total. The summed E-state index contributed by atoms with van der Waals surface area (Å²) in [5, 5.41) is 9.47. The molecule has 2 aliphatic rings. The first-order chi connectivity index (χ1) is 12.7. The smallest absolute Gasteiger partial charge is 0.248 e. The van der Waals surface area contributed by atoms with Crippen LogP contribution in [-0.4, -0.2) is 46.1 Å². The number of hydrogen-bond acceptors (Lipinski definition) is 4. The molecule has 0 radical (unpaired) electrons. The van der Waals surface area contributed by atoms with E-state index >= 15 is 0 Å². The van der Waals surface area contributed by atoms with Crippen molar-refractivity contribution >= 4 is 23.2 Å². The third kappa shape index (κ3) is 3.53. The van der Waals surface area contributed by atoms with Crippen molar-refractivity contribution in [1.29, 1.82) is 0 Å². The number of nitrogens with zero attached hydrogens (tertiary/aromatic N) is 3. The number of thiophene rings is 1. The van der Waals surface area contributed by atoms with E-state index in [2.05, 4.69) is 10.4 Å². The van der Waals surface area contributed by atoms with Crippen LogP contribution < -0.4 is 5.32 Å². The summed E-state index contributed by atoms with van der Waals surface area (Å²) in [5.41, 5.74) is -0.682. The van der Waals surface area contributed by atoms with Gasteiger partial charge in [-0.15, -0.1) is 11.3 Å². The molecule has 2 fully saturated rings. The first-order valence-electron chi connectivity index (χ1n) is 9.26. The number of carbonyl (C=O) groups excluding carboxylic acids is 2. The second kappa shape index (κ2) is 7.23. The van der Waals surface area contributed by atoms with Crippen LogP contribution in [0.4, 0.5) is 0 Å². The molecule has 1 aliphatic heterocycles. The van der Waals surface area contributed by atoms with Crippen molar-refractivity contribution in [2.75, 3.05) is 19.6 Å². The number of carbonyl (C=O) groups is 2. The fourth-order valence-electron chi connectivity index (χ4n) is 3.61. The van der Waals surface area contributed by atoms with Crippen LogP contribution in [0.2, 0.25) is 0 Å². The SMILES string of the molecule is O=C(Cc1cccs1)N1CCC(C(=O)NCC2CC2)(n2cccn2)CC1. The summed E-state index contributed by atoms with van der Waals surface area (Å²) in [6, 6.07) is 5.81. The fraction of sp³-hybridized carbons (Fsp3) is 0.526. The van der Waals surface area contributed by atoms with E-state index in [-0.39, 0.29) is 11.8 Å². The van der Waals surface area contributed by atoms with E-state index in [1.54, 1.807) is 22.2 Å². The van der Waals surface area contributed by atoms with Gasteiger partial charge < -0.3 is 10.2 Å². The number of rotatable bonds is 6. The third-order valence-electron chi connectivity index (χ3n) is 5.46. The van der Waals surface area contributed by atoms with Crippen molar-refractivity contribution in [3.8, 4) is 0 Å². The predicted molar refractivity (Wildman–Crippen MR) is 99.8 cm³/mol. The molecular formula is C19H24N4O2S. The molecule has 1 aliphatic carbocycles. The Balaban J connectivity index is 1.43. The van der Waals surface area contributed by atoms with Gasteiger partial charge in [-0.2, -0.15) is 5.10 Å². The van der Waals surface area contributed by atoms with Crippen molar-refractivity contribution in [2.45, 2.75) is 37.6 Å². The number of likely N-dealkylation sites (tertiary alicyclic amines) is 1. The first-order valence-corrected chi connectivity index (χ1v) is 10.1. The van der Waals surface area contributed by atoms with Gasteiger partial charge >= 0.3 is 0 Å². The van der Waals surface area contributed by atoms with E-state index in [9.17, 15) is 9.59 Å². The van der Waals surface area contributed by atoms with E-state index in [0.717, 1.165) is 11.4 Å². The highest BCUT2D eigenvalue weighted by atomic mass is 32.1. The van der Waals surface area contributed by atoms with Gasteiger partial charge in [-0.05, 0) is 49.1 Å². The van der Waals surface area contributed by atoms with Crippen molar-refractivity contribution in [1.82, 2.24) is 20.0 Å². The molecule has 0 bridgehead atoms. The maximum atomic E-state index is 13.0. The summed E-state index contributed by atoms with van der Waals surface area (Å²) >= 11 is 1.61. The van der Waals surface area contributed by atoms with Crippen LogP contribution in [0.5, 0.6) is 0 Å². The molecule has 0 spiro atoms. The van der Waals surface area contributed by atoms with Gasteiger partial charge in [0, 0.05) is 36.9 Å². The van der Waals surface area contributed by atoms with Crippen molar-refractivity contribution in [3.05, 3.63) is 40.8 Å². The predicted octanol–water partition coefficient (Wildman–Crippen LogP) is 2.03. The number of hydrogen-bond donors (Lipinski definition) is 1. The van der Waals surface area contributed by atoms with E-state index in [4.69, 9.17) is 0 Å². The summed E-state index contributed by atoms with van der Waals surface area (Å²) in [7, 11) is 0. The molecule has 2 aromatic heterocycles. The molecular weight excluding hydrogens is 348 g/mol. The molecule has 2 aromatic rings. The Kier molecular flexibility index (Phi) is 4.80. The second-order valence-electron chi connectivity index (χ2n) is 7.27. The van der Waals surface area contributed by atoms with Crippen LogP contribution in [0.1, 0.15) is 30.6 Å². The molecule has 26 heavy (non-hydrogen) atoms. The monoisotopic (exact) mass is 372 g/mol. The van der Waals surface area contributed by atoms with Gasteiger partial charge in [-0.3, -0.25) is 14.3 Å². The Morgan fingerprint density at radius 3 is 2.69 bits per heavy atom. The lowest BCUT2D eigenvalue weighted by Gasteiger charge is -2.40. The number of piperidine rings is 1. The summed E-state index contributed by atoms with van der Waals surface area (Å²) in [4.78, 5) is 28.5. The molecule has 138 valence electrons. The number of nitrogens with one attached hydrogen (secondary N) is 1. The average Bonchev–Trinajstić information content (AvgIpc) is 3.11. The van der Waals surface area contributed by atoms with Crippen LogP contribution in [0.25, 0.3) is 0 Å².